The molecular formula is C21H38O4. The minimum Gasteiger partial charge on any atom is -0.459 e. The molecule has 0 fully saturated rings. The molecule has 0 rings (SSSR count). The van der Waals surface area contributed by atoms with Crippen LogP contribution in [0.4, 0.5) is 0 Å². The van der Waals surface area contributed by atoms with E-state index in [9.17, 15) is 9.59 Å². The topological polar surface area (TPSA) is 52.6 Å². The Balaban J connectivity index is 0. The van der Waals surface area contributed by atoms with E-state index in [2.05, 4.69) is 36.5 Å². The first-order valence-corrected chi connectivity index (χ1v) is 9.52. The lowest BCUT2D eigenvalue weighted by Crippen LogP contribution is -2.14. The van der Waals surface area contributed by atoms with Crippen LogP contribution in [0.25, 0.3) is 0 Å². The predicted octanol–water partition coefficient (Wildman–Crippen LogP) is 5.76. The molecule has 0 heterocycles. The lowest BCUT2D eigenvalue weighted by molar-refractivity contribution is -0.147. The first-order chi connectivity index (χ1) is 11.9. The summed E-state index contributed by atoms with van der Waals surface area (Å²) in [4.78, 5) is 21.7. The molecule has 0 radical (unpaired) electrons. The van der Waals surface area contributed by atoms with Gasteiger partial charge in [-0.05, 0) is 13.8 Å². The summed E-state index contributed by atoms with van der Waals surface area (Å²) in [6.07, 6.45) is 13.0. The Bertz CT molecular complexity index is 349. The molecule has 0 amide bonds. The molecule has 146 valence electrons. The summed E-state index contributed by atoms with van der Waals surface area (Å²) in [6.45, 7) is 14.5. The molecule has 0 saturated heterocycles. The van der Waals surface area contributed by atoms with Gasteiger partial charge < -0.3 is 9.47 Å². The highest BCUT2D eigenvalue weighted by atomic mass is 16.6. The fraction of sp³-hybridized carbons (Fsp3) is 0.714. The molecule has 4 nitrogen and oxygen atoms in total. The van der Waals surface area contributed by atoms with Crippen LogP contribution in [-0.4, -0.2) is 25.2 Å². The van der Waals surface area contributed by atoms with Crippen LogP contribution in [-0.2, 0) is 19.1 Å². The molecule has 0 aromatic rings. The maximum absolute atomic E-state index is 10.8. The molecule has 0 unspecified atom stereocenters. The number of hydrogen-bond donors (Lipinski definition) is 0. The van der Waals surface area contributed by atoms with Crippen LogP contribution in [0.5, 0.6) is 0 Å². The molecule has 0 aromatic carbocycles. The summed E-state index contributed by atoms with van der Waals surface area (Å²) in [5.74, 6) is -0.979. The largest absolute Gasteiger partial charge is 0.459 e. The molecule has 0 N–H and O–H groups in total. The third-order valence-corrected chi connectivity index (χ3v) is 3.45. The van der Waals surface area contributed by atoms with Gasteiger partial charge in [0.15, 0.2) is 0 Å². The van der Waals surface area contributed by atoms with E-state index >= 15 is 0 Å². The van der Waals surface area contributed by atoms with Gasteiger partial charge in [0.2, 0.25) is 0 Å². The molecular weight excluding hydrogens is 316 g/mol. The van der Waals surface area contributed by atoms with Gasteiger partial charge in [-0.3, -0.25) is 0 Å². The molecule has 4 heteroatoms. The highest BCUT2D eigenvalue weighted by Gasteiger charge is 2.05. The van der Waals surface area contributed by atoms with Crippen molar-refractivity contribution in [3.05, 3.63) is 24.3 Å². The first-order valence-electron chi connectivity index (χ1n) is 9.52. The zero-order chi connectivity index (χ0) is 19.5. The van der Waals surface area contributed by atoms with Gasteiger partial charge >= 0.3 is 11.9 Å². The average molecular weight is 355 g/mol. The quantitative estimate of drug-likeness (QED) is 0.240. The molecule has 0 atom stereocenters. The van der Waals surface area contributed by atoms with Gasteiger partial charge in [0.05, 0.1) is 0 Å². The Morgan fingerprint density at radius 3 is 1.16 bits per heavy atom. The second-order valence-electron chi connectivity index (χ2n) is 6.31. The van der Waals surface area contributed by atoms with Crippen LogP contribution in [0.1, 0.15) is 85.5 Å². The predicted molar refractivity (Wildman–Crippen MR) is 104 cm³/mol. The van der Waals surface area contributed by atoms with Crippen LogP contribution in [0.3, 0.4) is 0 Å². The van der Waals surface area contributed by atoms with E-state index in [1.54, 1.807) is 13.8 Å². The summed E-state index contributed by atoms with van der Waals surface area (Å²) >= 11 is 0. The number of hydrogen-bond acceptors (Lipinski definition) is 4. The van der Waals surface area contributed by atoms with E-state index in [0.29, 0.717) is 11.1 Å². The van der Waals surface area contributed by atoms with E-state index in [1.165, 1.54) is 57.8 Å². The highest BCUT2D eigenvalue weighted by molar-refractivity contribution is 5.87. The molecule has 0 bridgehead atoms. The van der Waals surface area contributed by atoms with Gasteiger partial charge in [-0.25, -0.2) is 9.59 Å². The molecule has 0 aliphatic heterocycles. The minimum atomic E-state index is -0.489. The number of rotatable bonds is 13. The van der Waals surface area contributed by atoms with Crippen LogP contribution < -0.4 is 0 Å². The van der Waals surface area contributed by atoms with Gasteiger partial charge in [0.1, 0.15) is 13.2 Å². The van der Waals surface area contributed by atoms with Crippen molar-refractivity contribution in [2.75, 3.05) is 13.2 Å². The Hall–Kier alpha value is -1.58. The average Bonchev–Trinajstić information content (AvgIpc) is 2.58. The van der Waals surface area contributed by atoms with Crippen molar-refractivity contribution < 1.29 is 19.1 Å². The molecule has 25 heavy (non-hydrogen) atoms. The number of carbonyl (C=O) groups is 2. The van der Waals surface area contributed by atoms with Crippen molar-refractivity contribution in [1.29, 1.82) is 0 Å². The summed E-state index contributed by atoms with van der Waals surface area (Å²) in [5, 5.41) is 0. The Morgan fingerprint density at radius 2 is 0.920 bits per heavy atom. The van der Waals surface area contributed by atoms with Crippen molar-refractivity contribution in [3.8, 4) is 0 Å². The van der Waals surface area contributed by atoms with Gasteiger partial charge in [-0.1, -0.05) is 84.8 Å². The number of unbranched alkanes of at least 4 members (excludes halogenated alkanes) is 8. The van der Waals surface area contributed by atoms with E-state index in [-0.39, 0.29) is 13.2 Å². The first kappa shape index (κ1) is 25.7. The zero-order valence-corrected chi connectivity index (χ0v) is 16.8. The van der Waals surface area contributed by atoms with Crippen molar-refractivity contribution in [2.24, 2.45) is 0 Å². The van der Waals surface area contributed by atoms with Gasteiger partial charge in [-0.2, -0.15) is 0 Å². The monoisotopic (exact) mass is 354 g/mol. The fourth-order valence-electron chi connectivity index (χ4n) is 1.90. The maximum atomic E-state index is 10.8. The van der Waals surface area contributed by atoms with Crippen molar-refractivity contribution in [2.45, 2.75) is 85.5 Å². The van der Waals surface area contributed by atoms with Crippen LogP contribution in [0, 0.1) is 0 Å². The molecule has 0 spiro atoms. The third kappa shape index (κ3) is 20.4. The van der Waals surface area contributed by atoms with E-state index in [1.807, 2.05) is 0 Å². The van der Waals surface area contributed by atoms with Crippen LogP contribution >= 0.6 is 0 Å². The van der Waals surface area contributed by atoms with Crippen LogP contribution in [0.15, 0.2) is 24.3 Å². The fourth-order valence-corrected chi connectivity index (χ4v) is 1.90. The molecule has 0 aliphatic rings. The summed E-state index contributed by atoms with van der Waals surface area (Å²) in [7, 11) is 0. The van der Waals surface area contributed by atoms with E-state index in [4.69, 9.17) is 0 Å². The van der Waals surface area contributed by atoms with Crippen molar-refractivity contribution in [1.82, 2.24) is 0 Å². The lowest BCUT2D eigenvalue weighted by Gasteiger charge is -2.05. The summed E-state index contributed by atoms with van der Waals surface area (Å²) in [6, 6.07) is 0. The summed E-state index contributed by atoms with van der Waals surface area (Å²) < 4.78 is 9.38. The second-order valence-corrected chi connectivity index (χ2v) is 6.31. The number of ether oxygens (including phenoxy) is 2. The smallest absolute Gasteiger partial charge is 0.333 e. The van der Waals surface area contributed by atoms with Crippen molar-refractivity contribution >= 4 is 11.9 Å². The standard InChI is InChI=1S/C11H24.C10H14O4/c1-3-5-7-9-11-10-8-6-4-2;1-7(2)9(11)13-5-6-14-10(12)8(3)4/h3-11H2,1-2H3;1,3,5-6H2,2,4H3. The molecule has 0 aliphatic carbocycles. The second kappa shape index (κ2) is 18.8. The van der Waals surface area contributed by atoms with Gasteiger partial charge in [0.25, 0.3) is 0 Å². The van der Waals surface area contributed by atoms with E-state index < -0.39 is 11.9 Å². The van der Waals surface area contributed by atoms with Crippen LogP contribution in [0.2, 0.25) is 0 Å². The third-order valence-electron chi connectivity index (χ3n) is 3.45. The van der Waals surface area contributed by atoms with E-state index in [0.717, 1.165) is 0 Å². The number of esters is 2. The molecule has 0 aromatic heterocycles. The zero-order valence-electron chi connectivity index (χ0n) is 16.8. The SMILES string of the molecule is C=C(C)C(=O)OCCOC(=O)C(=C)C.CCCCCCCCCCC. The Morgan fingerprint density at radius 1 is 0.640 bits per heavy atom. The van der Waals surface area contributed by atoms with Gasteiger partial charge in [-0.15, -0.1) is 0 Å². The number of carbonyl (C=O) groups excluding carboxylic acids is 2. The Kier molecular flexibility index (Phi) is 19.2. The lowest BCUT2D eigenvalue weighted by atomic mass is 10.1. The summed E-state index contributed by atoms with van der Waals surface area (Å²) in [5.41, 5.74) is 0.632. The van der Waals surface area contributed by atoms with Gasteiger partial charge in [0, 0.05) is 11.1 Å². The highest BCUT2D eigenvalue weighted by Crippen LogP contribution is 2.08. The Labute approximate surface area is 154 Å². The minimum absolute atomic E-state index is 0.0325. The maximum Gasteiger partial charge on any atom is 0.333 e. The molecule has 0 saturated carbocycles. The normalized spacial score (nSPS) is 9.60. The van der Waals surface area contributed by atoms with Crippen molar-refractivity contribution in [3.63, 3.8) is 0 Å².